The Balaban J connectivity index is 1.19. The highest BCUT2D eigenvalue weighted by atomic mass is 28.3. The third-order valence-corrected chi connectivity index (χ3v) is 14.9. The summed E-state index contributed by atoms with van der Waals surface area (Å²) in [5, 5.41) is 2.83. The fourth-order valence-electron chi connectivity index (χ4n) is 7.45. The Morgan fingerprint density at radius 2 is 0.868 bits per heavy atom. The molecule has 0 amide bonds. The average molecular weight is 723 g/mol. The van der Waals surface area contributed by atoms with Crippen molar-refractivity contribution in [3.05, 3.63) is 145 Å². The summed E-state index contributed by atoms with van der Waals surface area (Å²) in [6, 6.07) is 46.1. The molecule has 0 radical (unpaired) electrons. The summed E-state index contributed by atoms with van der Waals surface area (Å²) in [7, 11) is -2.89. The number of benzene rings is 5. The van der Waals surface area contributed by atoms with Crippen LogP contribution in [0.2, 0.25) is 39.3 Å². The van der Waals surface area contributed by atoms with Crippen LogP contribution in [0.15, 0.2) is 134 Å². The van der Waals surface area contributed by atoms with E-state index < -0.39 is 16.1 Å². The van der Waals surface area contributed by atoms with Crippen LogP contribution < -0.4 is 10.4 Å². The molecular weight excluding hydrogens is 677 g/mol. The molecule has 0 spiro atoms. The largest absolute Gasteiger partial charge is 0.256 e. The van der Waals surface area contributed by atoms with E-state index in [0.29, 0.717) is 17.5 Å². The lowest BCUT2D eigenvalue weighted by Crippen LogP contribution is -2.37. The van der Waals surface area contributed by atoms with Crippen LogP contribution in [-0.2, 0) is 5.41 Å². The van der Waals surface area contributed by atoms with Gasteiger partial charge in [0, 0.05) is 33.9 Å². The van der Waals surface area contributed by atoms with Gasteiger partial charge < -0.3 is 0 Å². The monoisotopic (exact) mass is 722 g/mol. The van der Waals surface area contributed by atoms with Gasteiger partial charge >= 0.3 is 0 Å². The van der Waals surface area contributed by atoms with E-state index >= 15 is 0 Å². The zero-order valence-electron chi connectivity index (χ0n) is 32.0. The first kappa shape index (κ1) is 34.8. The SMILES string of the molecule is CC1(C)c2cc(-c3cccc(-c4nc(-c5ccc([Si](C)(C)C)cc5)nc(-c5ccc([Si](C)(C)C)cc5)n4)c3)ccc2-c2ccc(-c3ccccn3)cc21. The Bertz CT molecular complexity index is 2400. The van der Waals surface area contributed by atoms with Crippen LogP contribution in [0.4, 0.5) is 0 Å². The van der Waals surface area contributed by atoms with Crippen LogP contribution >= 0.6 is 0 Å². The van der Waals surface area contributed by atoms with Crippen LogP contribution in [-0.4, -0.2) is 36.1 Å². The molecule has 4 nitrogen and oxygen atoms in total. The van der Waals surface area contributed by atoms with Gasteiger partial charge in [-0.3, -0.25) is 4.98 Å². The Kier molecular flexibility index (Phi) is 8.51. The number of hydrogen-bond acceptors (Lipinski definition) is 4. The highest BCUT2D eigenvalue weighted by Gasteiger charge is 2.36. The molecular formula is C47H46N4Si2. The second-order valence-corrected chi connectivity index (χ2v) is 27.1. The highest BCUT2D eigenvalue weighted by molar-refractivity contribution is 6.89. The second-order valence-electron chi connectivity index (χ2n) is 16.9. The van der Waals surface area contributed by atoms with Gasteiger partial charge in [0.25, 0.3) is 0 Å². The van der Waals surface area contributed by atoms with Crippen molar-refractivity contribution in [2.75, 3.05) is 0 Å². The molecule has 0 bridgehead atoms. The minimum Gasteiger partial charge on any atom is -0.256 e. The molecule has 0 aliphatic heterocycles. The summed E-state index contributed by atoms with van der Waals surface area (Å²) in [6.45, 7) is 18.9. The minimum atomic E-state index is -1.45. The van der Waals surface area contributed by atoms with E-state index in [1.165, 1.54) is 38.2 Å². The molecule has 6 heteroatoms. The number of aromatic nitrogens is 4. The number of fused-ring (bicyclic) bond motifs is 3. The molecule has 7 aromatic rings. The van der Waals surface area contributed by atoms with Crippen molar-refractivity contribution >= 4 is 26.5 Å². The van der Waals surface area contributed by atoms with E-state index in [0.717, 1.165) is 33.5 Å². The summed E-state index contributed by atoms with van der Waals surface area (Å²) >= 11 is 0. The van der Waals surface area contributed by atoms with Gasteiger partial charge in [-0.2, -0.15) is 0 Å². The molecule has 1 aliphatic carbocycles. The van der Waals surface area contributed by atoms with Crippen LogP contribution in [0, 0.1) is 0 Å². The van der Waals surface area contributed by atoms with Gasteiger partial charge in [0.15, 0.2) is 17.5 Å². The molecule has 5 aromatic carbocycles. The first-order valence-electron chi connectivity index (χ1n) is 18.6. The maximum atomic E-state index is 5.11. The Labute approximate surface area is 316 Å². The minimum absolute atomic E-state index is 0.156. The predicted molar refractivity (Wildman–Crippen MR) is 228 cm³/mol. The quantitative estimate of drug-likeness (QED) is 0.154. The van der Waals surface area contributed by atoms with Crippen molar-refractivity contribution in [2.24, 2.45) is 0 Å². The first-order valence-corrected chi connectivity index (χ1v) is 25.6. The van der Waals surface area contributed by atoms with Gasteiger partial charge in [0.05, 0.1) is 21.8 Å². The lowest BCUT2D eigenvalue weighted by Gasteiger charge is -2.22. The van der Waals surface area contributed by atoms with Gasteiger partial charge in [-0.1, -0.05) is 161 Å². The summed E-state index contributed by atoms with van der Waals surface area (Å²) in [4.78, 5) is 19.9. The maximum Gasteiger partial charge on any atom is 0.164 e. The molecule has 0 saturated heterocycles. The summed E-state index contributed by atoms with van der Waals surface area (Å²) in [6.07, 6.45) is 1.86. The van der Waals surface area contributed by atoms with E-state index in [1.54, 1.807) is 0 Å². The van der Waals surface area contributed by atoms with Gasteiger partial charge in [0.1, 0.15) is 0 Å². The van der Waals surface area contributed by atoms with Crippen LogP contribution in [0.3, 0.4) is 0 Å². The van der Waals surface area contributed by atoms with E-state index in [1.807, 2.05) is 18.3 Å². The summed E-state index contributed by atoms with van der Waals surface area (Å²) in [5.41, 5.74) is 12.5. The van der Waals surface area contributed by atoms with Crippen molar-refractivity contribution in [1.82, 2.24) is 19.9 Å². The third-order valence-electron chi connectivity index (χ3n) is 10.7. The molecule has 0 saturated carbocycles. The standard InChI is InChI=1S/C47H46N4Si2/c1-47(2)41-29-34(19-25-39(41)40-26-20-35(30-42(40)47)43-14-9-10-27-48-43)33-12-11-13-36(28-33)46-50-44(31-15-21-37(22-16-31)52(3,4)5)49-45(51-46)32-17-23-38(24-18-32)53(6,7)8/h9-30H,1-8H3. The van der Waals surface area contributed by atoms with Crippen molar-refractivity contribution in [2.45, 2.75) is 58.5 Å². The van der Waals surface area contributed by atoms with Gasteiger partial charge in [-0.25, -0.2) is 15.0 Å². The zero-order valence-corrected chi connectivity index (χ0v) is 34.0. The average Bonchev–Trinajstić information content (AvgIpc) is 3.39. The number of rotatable bonds is 7. The zero-order chi connectivity index (χ0) is 37.1. The van der Waals surface area contributed by atoms with Crippen LogP contribution in [0.1, 0.15) is 25.0 Å². The van der Waals surface area contributed by atoms with Crippen molar-refractivity contribution in [3.63, 3.8) is 0 Å². The van der Waals surface area contributed by atoms with Crippen molar-refractivity contribution < 1.29 is 0 Å². The lowest BCUT2D eigenvalue weighted by molar-refractivity contribution is 0.661. The number of hydrogen-bond donors (Lipinski definition) is 0. The number of pyridine rings is 1. The fourth-order valence-corrected chi connectivity index (χ4v) is 9.78. The molecule has 1 aliphatic rings. The van der Waals surface area contributed by atoms with E-state index in [2.05, 4.69) is 173 Å². The van der Waals surface area contributed by atoms with Crippen LogP contribution in [0.25, 0.3) is 67.7 Å². The molecule has 0 fully saturated rings. The second kappa shape index (κ2) is 13.0. The number of nitrogens with zero attached hydrogens (tertiary/aromatic N) is 4. The molecule has 0 N–H and O–H groups in total. The molecule has 0 atom stereocenters. The molecule has 2 aromatic heterocycles. The molecule has 53 heavy (non-hydrogen) atoms. The maximum absolute atomic E-state index is 5.11. The first-order chi connectivity index (χ1) is 25.3. The highest BCUT2D eigenvalue weighted by Crippen LogP contribution is 2.50. The fraction of sp³-hybridized carbons (Fsp3) is 0.191. The Hall–Kier alpha value is -5.31. The van der Waals surface area contributed by atoms with Crippen LogP contribution in [0.5, 0.6) is 0 Å². The topological polar surface area (TPSA) is 51.6 Å². The molecule has 0 unspecified atom stereocenters. The molecule has 8 rings (SSSR count). The van der Waals surface area contributed by atoms with Crippen molar-refractivity contribution in [3.8, 4) is 67.7 Å². The van der Waals surface area contributed by atoms with Gasteiger partial charge in [0.2, 0.25) is 0 Å². The van der Waals surface area contributed by atoms with E-state index in [9.17, 15) is 0 Å². The molecule has 2 heterocycles. The lowest BCUT2D eigenvalue weighted by atomic mass is 9.81. The van der Waals surface area contributed by atoms with E-state index in [-0.39, 0.29) is 5.41 Å². The summed E-state index contributed by atoms with van der Waals surface area (Å²) < 4.78 is 0. The van der Waals surface area contributed by atoms with Gasteiger partial charge in [-0.15, -0.1) is 0 Å². The Morgan fingerprint density at radius 3 is 1.38 bits per heavy atom. The van der Waals surface area contributed by atoms with E-state index in [4.69, 9.17) is 15.0 Å². The molecule has 262 valence electrons. The third kappa shape index (κ3) is 6.62. The van der Waals surface area contributed by atoms with Gasteiger partial charge in [-0.05, 0) is 63.7 Å². The smallest absolute Gasteiger partial charge is 0.164 e. The van der Waals surface area contributed by atoms with Crippen molar-refractivity contribution in [1.29, 1.82) is 0 Å². The Morgan fingerprint density at radius 1 is 0.415 bits per heavy atom. The normalized spacial score (nSPS) is 13.4. The summed E-state index contributed by atoms with van der Waals surface area (Å²) in [5.74, 6) is 2.05. The predicted octanol–water partition coefficient (Wildman–Crippen LogP) is 11.0.